The van der Waals surface area contributed by atoms with E-state index in [9.17, 15) is 18.0 Å². The zero-order valence-corrected chi connectivity index (χ0v) is 18.2. The Morgan fingerprint density at radius 1 is 1.38 bits per heavy atom. The van der Waals surface area contributed by atoms with Crippen molar-refractivity contribution >= 4 is 11.9 Å². The van der Waals surface area contributed by atoms with Gasteiger partial charge in [0, 0.05) is 31.8 Å². The Hall–Kier alpha value is -2.24. The molecule has 2 saturated heterocycles. The molecule has 3 heterocycles. The summed E-state index contributed by atoms with van der Waals surface area (Å²) in [5.41, 5.74) is 1.68. The second-order valence-electron chi connectivity index (χ2n) is 7.76. The fourth-order valence-corrected chi connectivity index (χ4v) is 3.67. The minimum atomic E-state index is -5.08. The van der Waals surface area contributed by atoms with Gasteiger partial charge in [0.1, 0.15) is 6.61 Å². The number of amides is 1. The molecule has 2 fully saturated rings. The van der Waals surface area contributed by atoms with Crippen LogP contribution >= 0.6 is 0 Å². The van der Waals surface area contributed by atoms with Crippen molar-refractivity contribution in [3.8, 4) is 0 Å². The Morgan fingerprint density at radius 2 is 2.09 bits per heavy atom. The molecule has 1 amide bonds. The molecule has 0 aromatic carbocycles. The van der Waals surface area contributed by atoms with Gasteiger partial charge in [0.2, 0.25) is 5.91 Å². The molecule has 1 N–H and O–H groups in total. The maximum atomic E-state index is 12.2. The molecule has 32 heavy (non-hydrogen) atoms. The first-order valence-electron chi connectivity index (χ1n) is 10.4. The van der Waals surface area contributed by atoms with Crippen molar-refractivity contribution in [3.63, 3.8) is 0 Å². The second-order valence-corrected chi connectivity index (χ2v) is 7.76. The number of hydrogen-bond donors (Lipinski definition) is 1. The lowest BCUT2D eigenvalue weighted by Gasteiger charge is -2.39. The van der Waals surface area contributed by atoms with Crippen molar-refractivity contribution in [1.29, 1.82) is 0 Å². The molecule has 0 radical (unpaired) electrons. The molecule has 3 rings (SSSR count). The highest BCUT2D eigenvalue weighted by molar-refractivity contribution is 5.77. The fraction of sp³-hybridized carbons (Fsp3) is 0.667. The number of rotatable bonds is 6. The Kier molecular flexibility index (Phi) is 9.41. The van der Waals surface area contributed by atoms with E-state index in [0.717, 1.165) is 37.2 Å². The highest BCUT2D eigenvalue weighted by atomic mass is 19.4. The average molecular weight is 462 g/mol. The SMILES string of the molecule is CCOCC(=O)N1CCC[C@]2(C[C@H](OCc3cccc(C)n3)CO2)C1.O=C(O)C(F)(F)F. The van der Waals surface area contributed by atoms with Gasteiger partial charge in [-0.15, -0.1) is 0 Å². The number of aryl methyl sites for hydroxylation is 1. The zero-order valence-electron chi connectivity index (χ0n) is 18.2. The zero-order chi connectivity index (χ0) is 23.8. The molecule has 2 aliphatic rings. The quantitative estimate of drug-likeness (QED) is 0.694. The summed E-state index contributed by atoms with van der Waals surface area (Å²) in [6, 6.07) is 5.96. The van der Waals surface area contributed by atoms with Gasteiger partial charge in [-0.3, -0.25) is 9.78 Å². The molecule has 11 heteroatoms. The minimum Gasteiger partial charge on any atom is -0.475 e. The Bertz CT molecular complexity index is 776. The molecule has 0 aliphatic carbocycles. The van der Waals surface area contributed by atoms with Crippen LogP contribution in [0.25, 0.3) is 0 Å². The number of halogens is 3. The molecule has 0 unspecified atom stereocenters. The predicted molar refractivity (Wildman–Crippen MR) is 107 cm³/mol. The van der Waals surface area contributed by atoms with E-state index in [0.29, 0.717) is 26.4 Å². The number of alkyl halides is 3. The third kappa shape index (κ3) is 8.03. The molecule has 0 bridgehead atoms. The van der Waals surface area contributed by atoms with Gasteiger partial charge in [-0.05, 0) is 38.8 Å². The Labute approximate surface area is 184 Å². The van der Waals surface area contributed by atoms with Crippen LogP contribution in [0.1, 0.15) is 37.6 Å². The molecule has 180 valence electrons. The first-order chi connectivity index (χ1) is 15.0. The Morgan fingerprint density at radius 3 is 2.72 bits per heavy atom. The van der Waals surface area contributed by atoms with Crippen LogP contribution < -0.4 is 0 Å². The van der Waals surface area contributed by atoms with E-state index in [1.54, 1.807) is 0 Å². The molecule has 0 saturated carbocycles. The highest BCUT2D eigenvalue weighted by Crippen LogP contribution is 2.36. The number of nitrogens with zero attached hydrogens (tertiary/aromatic N) is 2. The van der Waals surface area contributed by atoms with E-state index in [-0.39, 0.29) is 24.2 Å². The van der Waals surface area contributed by atoms with Crippen molar-refractivity contribution < 1.29 is 42.1 Å². The number of likely N-dealkylation sites (tertiary alicyclic amines) is 1. The number of aromatic nitrogens is 1. The monoisotopic (exact) mass is 462 g/mol. The summed E-state index contributed by atoms with van der Waals surface area (Å²) >= 11 is 0. The van der Waals surface area contributed by atoms with E-state index in [1.165, 1.54) is 0 Å². The smallest absolute Gasteiger partial charge is 0.475 e. The number of piperidine rings is 1. The van der Waals surface area contributed by atoms with Gasteiger partial charge in [-0.2, -0.15) is 13.2 Å². The number of pyridine rings is 1. The van der Waals surface area contributed by atoms with Gasteiger partial charge in [0.05, 0.1) is 30.6 Å². The van der Waals surface area contributed by atoms with E-state index < -0.39 is 12.1 Å². The van der Waals surface area contributed by atoms with Gasteiger partial charge in [0.25, 0.3) is 0 Å². The van der Waals surface area contributed by atoms with Crippen molar-refractivity contribution in [2.24, 2.45) is 0 Å². The summed E-state index contributed by atoms with van der Waals surface area (Å²) in [6.07, 6.45) is -2.25. The maximum Gasteiger partial charge on any atom is 0.490 e. The second kappa shape index (κ2) is 11.6. The lowest BCUT2D eigenvalue weighted by molar-refractivity contribution is -0.192. The van der Waals surface area contributed by atoms with Crippen LogP contribution in [-0.4, -0.2) is 77.7 Å². The summed E-state index contributed by atoms with van der Waals surface area (Å²) in [6.45, 7) is 7.11. The molecule has 8 nitrogen and oxygen atoms in total. The molecule has 1 aromatic rings. The van der Waals surface area contributed by atoms with Crippen LogP contribution in [0, 0.1) is 6.92 Å². The third-order valence-corrected chi connectivity index (χ3v) is 5.15. The summed E-state index contributed by atoms with van der Waals surface area (Å²) in [5, 5.41) is 7.12. The summed E-state index contributed by atoms with van der Waals surface area (Å²) < 4.78 is 49.1. The van der Waals surface area contributed by atoms with Crippen LogP contribution in [0.5, 0.6) is 0 Å². The third-order valence-electron chi connectivity index (χ3n) is 5.15. The lowest BCUT2D eigenvalue weighted by atomic mass is 9.89. The fourth-order valence-electron chi connectivity index (χ4n) is 3.67. The number of aliphatic carboxylic acids is 1. The van der Waals surface area contributed by atoms with Crippen LogP contribution in [0.2, 0.25) is 0 Å². The van der Waals surface area contributed by atoms with Gasteiger partial charge in [0.15, 0.2) is 0 Å². The van der Waals surface area contributed by atoms with Crippen molar-refractivity contribution in [2.75, 3.05) is 32.9 Å². The largest absolute Gasteiger partial charge is 0.490 e. The first-order valence-corrected chi connectivity index (χ1v) is 10.4. The predicted octanol–water partition coefficient (Wildman–Crippen LogP) is 2.73. The summed E-state index contributed by atoms with van der Waals surface area (Å²) in [7, 11) is 0. The van der Waals surface area contributed by atoms with E-state index in [4.69, 9.17) is 24.1 Å². The number of carboxylic acid groups (broad SMARTS) is 1. The van der Waals surface area contributed by atoms with Crippen LogP contribution in [0.3, 0.4) is 0 Å². The first kappa shape index (κ1) is 26.0. The number of carbonyl (C=O) groups excluding carboxylic acids is 1. The summed E-state index contributed by atoms with van der Waals surface area (Å²) in [5.74, 6) is -2.70. The van der Waals surface area contributed by atoms with Gasteiger partial charge >= 0.3 is 12.1 Å². The standard InChI is InChI=1S/C19H28N2O4.C2HF3O2/c1-3-23-13-18(22)21-9-5-8-19(14-21)10-17(12-25-19)24-11-16-7-4-6-15(2)20-16;3-2(4,5)1(6)7/h4,6-7,17H,3,5,8-14H2,1-2H3;(H,6,7)/t17-,19-;/m0./s1. The van der Waals surface area contributed by atoms with Crippen LogP contribution in [0.15, 0.2) is 18.2 Å². The molecule has 2 atom stereocenters. The molecule has 2 aliphatic heterocycles. The Balaban J connectivity index is 0.000000451. The normalized spacial score (nSPS) is 23.0. The minimum absolute atomic E-state index is 0.0536. The van der Waals surface area contributed by atoms with E-state index in [1.807, 2.05) is 36.9 Å². The summed E-state index contributed by atoms with van der Waals surface area (Å²) in [4.78, 5) is 27.5. The van der Waals surface area contributed by atoms with Gasteiger partial charge in [-0.25, -0.2) is 4.79 Å². The lowest BCUT2D eigenvalue weighted by Crippen LogP contribution is -2.51. The topological polar surface area (TPSA) is 98.2 Å². The molecule has 1 spiro atoms. The van der Waals surface area contributed by atoms with Crippen LogP contribution in [0.4, 0.5) is 13.2 Å². The van der Waals surface area contributed by atoms with Crippen molar-refractivity contribution in [2.45, 2.75) is 57.6 Å². The van der Waals surface area contributed by atoms with Crippen molar-refractivity contribution in [3.05, 3.63) is 29.6 Å². The van der Waals surface area contributed by atoms with Crippen molar-refractivity contribution in [1.82, 2.24) is 9.88 Å². The average Bonchev–Trinajstić information content (AvgIpc) is 3.12. The number of carboxylic acids is 1. The molecular formula is C21H29F3N2O6. The van der Waals surface area contributed by atoms with Crippen LogP contribution in [-0.2, 0) is 30.4 Å². The number of ether oxygens (including phenoxy) is 3. The number of carbonyl (C=O) groups is 2. The van der Waals surface area contributed by atoms with E-state index >= 15 is 0 Å². The number of hydrogen-bond acceptors (Lipinski definition) is 6. The van der Waals surface area contributed by atoms with Gasteiger partial charge in [-0.1, -0.05) is 6.07 Å². The molecule has 1 aromatic heterocycles. The highest BCUT2D eigenvalue weighted by Gasteiger charge is 2.45. The maximum absolute atomic E-state index is 12.2. The van der Waals surface area contributed by atoms with E-state index in [2.05, 4.69) is 4.98 Å². The van der Waals surface area contributed by atoms with Gasteiger partial charge < -0.3 is 24.2 Å². The molecular weight excluding hydrogens is 433 g/mol.